The number of hydrogen-bond acceptors (Lipinski definition) is 6. The number of nitrogens with two attached hydrogens (primary N) is 1. The second-order valence-corrected chi connectivity index (χ2v) is 5.01. The lowest BCUT2D eigenvalue weighted by molar-refractivity contribution is -0.384. The number of halogens is 1. The van der Waals surface area contributed by atoms with E-state index in [1.165, 1.54) is 26.0 Å². The Hall–Kier alpha value is -2.68. The molecule has 0 aromatic heterocycles. The summed E-state index contributed by atoms with van der Waals surface area (Å²) >= 11 is 5.65. The van der Waals surface area contributed by atoms with Crippen molar-refractivity contribution in [2.24, 2.45) is 5.73 Å². The summed E-state index contributed by atoms with van der Waals surface area (Å²) in [6.45, 7) is 2.62. The maximum Gasteiger partial charge on any atom is 0.329 e. The summed E-state index contributed by atoms with van der Waals surface area (Å²) < 4.78 is 4.73. The molecule has 0 aliphatic carbocycles. The Morgan fingerprint density at radius 2 is 1.96 bits per heavy atom. The number of benzene rings is 1. The molecule has 0 aliphatic rings. The van der Waals surface area contributed by atoms with Gasteiger partial charge >= 0.3 is 5.97 Å². The van der Waals surface area contributed by atoms with Crippen molar-refractivity contribution >= 4 is 35.1 Å². The normalized spacial score (nSPS) is 12.8. The predicted molar refractivity (Wildman–Crippen MR) is 79.8 cm³/mol. The molecule has 1 aromatic rings. The van der Waals surface area contributed by atoms with Gasteiger partial charge in [-0.25, -0.2) is 4.79 Å². The minimum Gasteiger partial charge on any atom is -0.451 e. The minimum absolute atomic E-state index is 0.0521. The Kier molecular flexibility index (Phi) is 6.02. The molecule has 23 heavy (non-hydrogen) atoms. The van der Waals surface area contributed by atoms with Crippen molar-refractivity contribution in [2.45, 2.75) is 26.0 Å². The number of nitrogens with zero attached hydrogens (tertiary/aromatic N) is 1. The zero-order chi connectivity index (χ0) is 17.7. The van der Waals surface area contributed by atoms with Crippen molar-refractivity contribution in [2.75, 3.05) is 0 Å². The van der Waals surface area contributed by atoms with Crippen LogP contribution >= 0.6 is 11.6 Å². The lowest BCUT2D eigenvalue weighted by Gasteiger charge is -2.15. The SMILES string of the molecule is C[C@H](NC(=O)c1ccc(Cl)c([N+](=O)[O-])c1)C(=O)O[C@H](C)C(N)=O. The second-order valence-electron chi connectivity index (χ2n) is 4.60. The van der Waals surface area contributed by atoms with Crippen LogP contribution in [0.2, 0.25) is 5.02 Å². The first-order valence-electron chi connectivity index (χ1n) is 6.38. The lowest BCUT2D eigenvalue weighted by atomic mass is 10.1. The fourth-order valence-electron chi connectivity index (χ4n) is 1.47. The number of esters is 1. The van der Waals surface area contributed by atoms with E-state index in [0.29, 0.717) is 0 Å². The first-order valence-corrected chi connectivity index (χ1v) is 6.76. The van der Waals surface area contributed by atoms with Gasteiger partial charge in [0.05, 0.1) is 4.92 Å². The highest BCUT2D eigenvalue weighted by Gasteiger charge is 2.23. The average molecular weight is 344 g/mol. The Morgan fingerprint density at radius 3 is 2.48 bits per heavy atom. The van der Waals surface area contributed by atoms with Crippen LogP contribution in [0.4, 0.5) is 5.69 Å². The van der Waals surface area contributed by atoms with Crippen LogP contribution < -0.4 is 11.1 Å². The van der Waals surface area contributed by atoms with Crippen molar-refractivity contribution in [3.05, 3.63) is 38.9 Å². The first-order chi connectivity index (χ1) is 10.6. The number of nitro groups is 1. The van der Waals surface area contributed by atoms with Gasteiger partial charge in [0.2, 0.25) is 0 Å². The van der Waals surface area contributed by atoms with Gasteiger partial charge in [-0.05, 0) is 26.0 Å². The van der Waals surface area contributed by atoms with Crippen LogP contribution in [0.15, 0.2) is 18.2 Å². The number of carbonyl (C=O) groups is 3. The van der Waals surface area contributed by atoms with Crippen LogP contribution in [-0.2, 0) is 14.3 Å². The molecule has 0 saturated heterocycles. The molecule has 3 N–H and O–H groups in total. The third-order valence-electron chi connectivity index (χ3n) is 2.80. The quantitative estimate of drug-likeness (QED) is 0.444. The van der Waals surface area contributed by atoms with E-state index in [1.54, 1.807) is 0 Å². The first kappa shape index (κ1) is 18.4. The summed E-state index contributed by atoms with van der Waals surface area (Å²) in [7, 11) is 0. The summed E-state index contributed by atoms with van der Waals surface area (Å²) in [6.07, 6.45) is -1.14. The molecule has 0 radical (unpaired) electrons. The number of ether oxygens (including phenoxy) is 1. The third-order valence-corrected chi connectivity index (χ3v) is 3.12. The molecule has 9 nitrogen and oxygen atoms in total. The minimum atomic E-state index is -1.14. The van der Waals surface area contributed by atoms with E-state index in [0.717, 1.165) is 6.07 Å². The number of hydrogen-bond donors (Lipinski definition) is 2. The van der Waals surface area contributed by atoms with Crippen LogP contribution in [0.3, 0.4) is 0 Å². The molecular formula is C13H14ClN3O6. The molecular weight excluding hydrogens is 330 g/mol. The van der Waals surface area contributed by atoms with Gasteiger partial charge in [-0.3, -0.25) is 19.7 Å². The monoisotopic (exact) mass is 343 g/mol. The van der Waals surface area contributed by atoms with Crippen molar-refractivity contribution in [3.63, 3.8) is 0 Å². The summed E-state index contributed by atoms with van der Waals surface area (Å²) in [5, 5.41) is 13.0. The summed E-state index contributed by atoms with van der Waals surface area (Å²) in [4.78, 5) is 44.5. The van der Waals surface area contributed by atoms with Gasteiger partial charge < -0.3 is 15.8 Å². The molecule has 0 heterocycles. The Morgan fingerprint density at radius 1 is 1.35 bits per heavy atom. The van der Waals surface area contributed by atoms with Crippen LogP contribution in [0.5, 0.6) is 0 Å². The van der Waals surface area contributed by atoms with Crippen LogP contribution in [0.25, 0.3) is 0 Å². The lowest BCUT2D eigenvalue weighted by Crippen LogP contribution is -2.42. The summed E-state index contributed by atoms with van der Waals surface area (Å²) in [5.41, 5.74) is 4.47. The third kappa shape index (κ3) is 4.92. The van der Waals surface area contributed by atoms with Crippen molar-refractivity contribution in [3.8, 4) is 0 Å². The maximum atomic E-state index is 12.0. The smallest absolute Gasteiger partial charge is 0.329 e. The predicted octanol–water partition coefficient (Wildman–Crippen LogP) is 0.783. The molecule has 0 fully saturated rings. The number of nitrogens with one attached hydrogen (secondary N) is 1. The van der Waals surface area contributed by atoms with E-state index in [-0.39, 0.29) is 10.6 Å². The molecule has 0 bridgehead atoms. The van der Waals surface area contributed by atoms with Gasteiger partial charge in [-0.1, -0.05) is 11.6 Å². The topological polar surface area (TPSA) is 142 Å². The highest BCUT2D eigenvalue weighted by Crippen LogP contribution is 2.25. The Labute approximate surface area is 135 Å². The van der Waals surface area contributed by atoms with Crippen molar-refractivity contribution < 1.29 is 24.0 Å². The van der Waals surface area contributed by atoms with Crippen LogP contribution in [0, 0.1) is 10.1 Å². The molecule has 0 spiro atoms. The Bertz CT molecular complexity index is 663. The molecule has 124 valence electrons. The molecule has 2 atom stereocenters. The summed E-state index contributed by atoms with van der Waals surface area (Å²) in [5.74, 6) is -2.43. The van der Waals surface area contributed by atoms with Gasteiger partial charge in [0.25, 0.3) is 17.5 Å². The number of carbonyl (C=O) groups excluding carboxylic acids is 3. The number of rotatable bonds is 6. The van der Waals surface area contributed by atoms with Gasteiger partial charge in [0.1, 0.15) is 11.1 Å². The summed E-state index contributed by atoms with van der Waals surface area (Å²) in [6, 6.07) is 2.38. The average Bonchev–Trinajstić information content (AvgIpc) is 2.46. The number of primary amides is 1. The molecule has 0 aliphatic heterocycles. The van der Waals surface area contributed by atoms with E-state index in [9.17, 15) is 24.5 Å². The highest BCUT2D eigenvalue weighted by atomic mass is 35.5. The zero-order valence-corrected chi connectivity index (χ0v) is 13.0. The maximum absolute atomic E-state index is 12.0. The second kappa shape index (κ2) is 7.54. The van der Waals surface area contributed by atoms with E-state index >= 15 is 0 Å². The molecule has 2 amide bonds. The van der Waals surface area contributed by atoms with E-state index < -0.39 is 40.5 Å². The molecule has 0 saturated carbocycles. The van der Waals surface area contributed by atoms with E-state index in [4.69, 9.17) is 22.1 Å². The van der Waals surface area contributed by atoms with E-state index in [2.05, 4.69) is 5.32 Å². The zero-order valence-electron chi connectivity index (χ0n) is 12.2. The fraction of sp³-hybridized carbons (Fsp3) is 0.308. The number of nitro benzene ring substituents is 1. The van der Waals surface area contributed by atoms with Gasteiger partial charge in [-0.2, -0.15) is 0 Å². The van der Waals surface area contributed by atoms with Gasteiger partial charge in [0.15, 0.2) is 6.10 Å². The highest BCUT2D eigenvalue weighted by molar-refractivity contribution is 6.32. The van der Waals surface area contributed by atoms with Gasteiger partial charge in [0, 0.05) is 11.6 Å². The van der Waals surface area contributed by atoms with Crippen molar-refractivity contribution in [1.29, 1.82) is 0 Å². The van der Waals surface area contributed by atoms with Crippen LogP contribution in [-0.4, -0.2) is 34.9 Å². The van der Waals surface area contributed by atoms with Crippen molar-refractivity contribution in [1.82, 2.24) is 5.32 Å². The number of amides is 2. The van der Waals surface area contributed by atoms with E-state index in [1.807, 2.05) is 0 Å². The molecule has 1 aromatic carbocycles. The van der Waals surface area contributed by atoms with Gasteiger partial charge in [-0.15, -0.1) is 0 Å². The molecule has 1 rings (SSSR count). The molecule has 0 unspecified atom stereocenters. The fourth-order valence-corrected chi connectivity index (χ4v) is 1.65. The Balaban J connectivity index is 2.79. The molecule has 10 heteroatoms. The van der Waals surface area contributed by atoms with Crippen LogP contribution in [0.1, 0.15) is 24.2 Å². The standard InChI is InChI=1S/C13H14ClN3O6/c1-6(13(20)23-7(2)11(15)18)16-12(19)8-3-4-9(14)10(5-8)17(21)22/h3-7H,1-2H3,(H2,15,18)(H,16,19)/t6-,7+/m0/s1. The largest absolute Gasteiger partial charge is 0.451 e.